The molecule has 0 aliphatic rings. The Balaban J connectivity index is 0. The Hall–Kier alpha value is 0.0571. The van der Waals surface area contributed by atoms with Crippen LogP contribution in [0.3, 0.4) is 0 Å². The molecule has 0 aromatic heterocycles. The predicted molar refractivity (Wildman–Crippen MR) is 18.4 cm³/mol. The van der Waals surface area contributed by atoms with E-state index in [9.17, 15) is 8.92 Å². The van der Waals surface area contributed by atoms with Gasteiger partial charge in [-0.05, 0) is 0 Å². The minimum Gasteiger partial charge on any atom is -0.512 e. The summed E-state index contributed by atoms with van der Waals surface area (Å²) in [5.41, 5.74) is 0. The monoisotopic (exact) mass is 202 g/mol. The summed E-state index contributed by atoms with van der Waals surface area (Å²) >= 11 is 0. The molecule has 0 unspecified atom stereocenters. The van der Waals surface area contributed by atoms with Gasteiger partial charge in [0.05, 0.1) is 0 Å². The van der Waals surface area contributed by atoms with Crippen LogP contribution < -0.4 is 0 Å². The van der Waals surface area contributed by atoms with Crippen molar-refractivity contribution in [3.63, 3.8) is 0 Å². The molecule has 42 valence electrons. The van der Waals surface area contributed by atoms with E-state index in [-0.39, 0.29) is 19.5 Å². The fourth-order valence-electron chi connectivity index (χ4n) is 0.0747. The van der Waals surface area contributed by atoms with Crippen LogP contribution in [0, 0.1) is 0 Å². The van der Waals surface area contributed by atoms with Crippen molar-refractivity contribution in [2.24, 2.45) is 0 Å². The van der Waals surface area contributed by atoms with Crippen molar-refractivity contribution < 1.29 is 42.1 Å². The molecule has 0 fully saturated rings. The molecule has 0 heterocycles. The van der Waals surface area contributed by atoms with Crippen molar-refractivity contribution in [3.8, 4) is 0 Å². The average molecular weight is 204 g/mol. The summed E-state index contributed by atoms with van der Waals surface area (Å²) in [6.07, 6.45) is 0. The summed E-state index contributed by atoms with van der Waals surface area (Å²) in [5.74, 6) is 0. The minimum atomic E-state index is -3.20. The van der Waals surface area contributed by atoms with Gasteiger partial charge in [0.2, 0.25) is 0 Å². The summed E-state index contributed by atoms with van der Waals surface area (Å²) in [4.78, 5) is 15.4. The summed E-state index contributed by atoms with van der Waals surface area (Å²) in [5, 5.41) is 0. The van der Waals surface area contributed by atoms with Crippen LogP contribution in [0.2, 0.25) is 0 Å². The quantitative estimate of drug-likeness (QED) is 0.499. The average Bonchev–Trinajstić information content (AvgIpc) is 1.27. The van der Waals surface area contributed by atoms with Gasteiger partial charge in [0.25, 0.3) is 0 Å². The number of hydrogen-bond acceptors (Lipinski definition) is 3. The molecular formula is H2O5Si2Zn. The zero-order valence-electron chi connectivity index (χ0n) is 3.83. The van der Waals surface area contributed by atoms with Gasteiger partial charge in [0.1, 0.15) is 0 Å². The molecule has 0 saturated heterocycles. The van der Waals surface area contributed by atoms with Crippen molar-refractivity contribution in [1.29, 1.82) is 0 Å². The van der Waals surface area contributed by atoms with Gasteiger partial charge in [-0.1, -0.05) is 0 Å². The van der Waals surface area contributed by atoms with Gasteiger partial charge in [0.15, 0.2) is 0 Å². The zero-order valence-corrected chi connectivity index (χ0v) is 8.79. The van der Waals surface area contributed by atoms with Crippen molar-refractivity contribution in [1.82, 2.24) is 0 Å². The fraction of sp³-hybridized carbons (Fsp3) is 0. The van der Waals surface area contributed by atoms with Crippen LogP contribution >= 0.6 is 0 Å². The van der Waals surface area contributed by atoms with Crippen molar-refractivity contribution in [3.05, 3.63) is 0 Å². The molecule has 0 rings (SSSR count). The molecule has 0 aromatic carbocycles. The molecule has 0 aromatic rings. The summed E-state index contributed by atoms with van der Waals surface area (Å²) in [6, 6.07) is 0. The van der Waals surface area contributed by atoms with Gasteiger partial charge in [-0.3, -0.25) is 8.92 Å². The first-order valence-electron chi connectivity index (χ1n) is 1.26. The second kappa shape index (κ2) is 5.20. The Morgan fingerprint density at radius 1 is 1.12 bits per heavy atom. The molecule has 0 aliphatic carbocycles. The van der Waals surface area contributed by atoms with E-state index < -0.39 is 18.3 Å². The van der Waals surface area contributed by atoms with Crippen LogP contribution in [0.25, 0.3) is 0 Å². The zero-order chi connectivity index (χ0) is 5.86. The second-order valence-electron chi connectivity index (χ2n) is 0.634. The van der Waals surface area contributed by atoms with Crippen molar-refractivity contribution >= 4 is 18.3 Å². The fourth-order valence-corrected chi connectivity index (χ4v) is 0.672. The smallest absolute Gasteiger partial charge is 0.512 e. The van der Waals surface area contributed by atoms with Crippen LogP contribution in [0.15, 0.2) is 0 Å². The van der Waals surface area contributed by atoms with Gasteiger partial charge in [0, 0.05) is 19.5 Å². The summed E-state index contributed by atoms with van der Waals surface area (Å²) in [6.45, 7) is 0. The van der Waals surface area contributed by atoms with E-state index in [2.05, 4.69) is 4.12 Å². The van der Waals surface area contributed by atoms with Crippen LogP contribution in [0.4, 0.5) is 0 Å². The minimum absolute atomic E-state index is 0. The van der Waals surface area contributed by atoms with Crippen LogP contribution in [-0.2, 0) is 32.5 Å². The Labute approximate surface area is 60.9 Å². The maximum Gasteiger partial charge on any atom is 0.759 e. The van der Waals surface area contributed by atoms with E-state index in [0.717, 1.165) is 0 Å². The third kappa shape index (κ3) is 9.41. The summed E-state index contributed by atoms with van der Waals surface area (Å²) in [7, 11) is -6.40. The van der Waals surface area contributed by atoms with Gasteiger partial charge in [-0.2, -0.15) is 0 Å². The molecule has 5 nitrogen and oxygen atoms in total. The van der Waals surface area contributed by atoms with Crippen molar-refractivity contribution in [2.75, 3.05) is 0 Å². The third-order valence-corrected chi connectivity index (χ3v) is 1.57. The van der Waals surface area contributed by atoms with Crippen LogP contribution in [0.5, 0.6) is 0 Å². The second-order valence-corrected chi connectivity index (χ2v) is 2.51. The Morgan fingerprint density at radius 3 is 1.38 bits per heavy atom. The van der Waals surface area contributed by atoms with E-state index in [0.29, 0.717) is 0 Å². The SMILES string of the molecule is O=[Si](O)O[Si](=O)O.[Zn]. The topological polar surface area (TPSA) is 83.8 Å². The molecular weight excluding hydrogens is 202 g/mol. The van der Waals surface area contributed by atoms with E-state index in [1.807, 2.05) is 0 Å². The van der Waals surface area contributed by atoms with E-state index in [1.165, 1.54) is 0 Å². The molecule has 0 atom stereocenters. The molecule has 0 radical (unpaired) electrons. The van der Waals surface area contributed by atoms with Gasteiger partial charge >= 0.3 is 18.3 Å². The predicted octanol–water partition coefficient (Wildman–Crippen LogP) is -2.18. The first-order chi connectivity index (χ1) is 3.13. The van der Waals surface area contributed by atoms with Gasteiger partial charge < -0.3 is 13.7 Å². The van der Waals surface area contributed by atoms with E-state index in [1.54, 1.807) is 0 Å². The molecule has 8 heavy (non-hydrogen) atoms. The van der Waals surface area contributed by atoms with Crippen LogP contribution in [0.1, 0.15) is 0 Å². The first-order valence-corrected chi connectivity index (χ1v) is 3.79. The molecule has 0 bridgehead atoms. The Morgan fingerprint density at radius 2 is 1.38 bits per heavy atom. The molecule has 8 heteroatoms. The molecule has 2 N–H and O–H groups in total. The standard InChI is InChI=1S/H2O5Si2.Zn/c1-6(2)5-7(3)4;/h1,3H;. The number of rotatable bonds is 2. The first kappa shape index (κ1) is 10.9. The maximum atomic E-state index is 9.44. The Bertz CT molecular complexity index is 86.6. The third-order valence-electron chi connectivity index (χ3n) is 0.175. The van der Waals surface area contributed by atoms with Crippen LogP contribution in [-0.4, -0.2) is 27.9 Å². The maximum absolute atomic E-state index is 9.44. The number of hydrogen-bond donors (Lipinski definition) is 2. The molecule has 0 amide bonds. The molecule has 0 saturated carbocycles. The normalized spacial score (nSPS) is 6.50. The van der Waals surface area contributed by atoms with E-state index >= 15 is 0 Å². The molecule has 0 spiro atoms. The van der Waals surface area contributed by atoms with Gasteiger partial charge in [-0.25, -0.2) is 0 Å². The van der Waals surface area contributed by atoms with E-state index in [4.69, 9.17) is 9.59 Å². The Kier molecular flexibility index (Phi) is 7.11. The largest absolute Gasteiger partial charge is 0.759 e. The van der Waals surface area contributed by atoms with Gasteiger partial charge in [-0.15, -0.1) is 0 Å². The van der Waals surface area contributed by atoms with Crippen molar-refractivity contribution in [2.45, 2.75) is 0 Å². The summed E-state index contributed by atoms with van der Waals surface area (Å²) < 4.78 is 22.3. The molecule has 0 aliphatic heterocycles.